The number of anilines is 1. The minimum atomic E-state index is -0.114. The van der Waals surface area contributed by atoms with Crippen molar-refractivity contribution in [3.63, 3.8) is 0 Å². The number of thiophene rings is 1. The number of nitrogens with one attached hydrogen (secondary N) is 1. The van der Waals surface area contributed by atoms with Crippen LogP contribution in [0.4, 0.5) is 10.7 Å². The van der Waals surface area contributed by atoms with Crippen LogP contribution in [0.15, 0.2) is 59.6 Å². The molecule has 1 aliphatic carbocycles. The molecule has 0 saturated carbocycles. The number of hydrogen-bond donors (Lipinski definition) is 1. The number of hydrogen-bond acceptors (Lipinski definition) is 4. The van der Waals surface area contributed by atoms with Crippen LogP contribution in [0.5, 0.6) is 0 Å². The van der Waals surface area contributed by atoms with E-state index < -0.39 is 0 Å². The lowest BCUT2D eigenvalue weighted by Gasteiger charge is -2.20. The zero-order chi connectivity index (χ0) is 22.9. The van der Waals surface area contributed by atoms with E-state index >= 15 is 0 Å². The lowest BCUT2D eigenvalue weighted by Crippen LogP contribution is -2.35. The number of aryl methyl sites for hydroxylation is 1. The molecule has 2 aliphatic rings. The fraction of sp³-hybridized carbons (Fsp3) is 0.296. The minimum Gasteiger partial charge on any atom is -0.348 e. The summed E-state index contributed by atoms with van der Waals surface area (Å²) in [4.78, 5) is 34.6. The number of benzene rings is 2. The molecule has 0 atom stereocenters. The van der Waals surface area contributed by atoms with Crippen LogP contribution in [0, 0.1) is 0 Å². The van der Waals surface area contributed by atoms with E-state index in [2.05, 4.69) is 5.32 Å². The monoisotopic (exact) mass is 457 g/mol. The van der Waals surface area contributed by atoms with Gasteiger partial charge in [-0.05, 0) is 56.7 Å². The van der Waals surface area contributed by atoms with Crippen molar-refractivity contribution in [3.8, 4) is 0 Å². The molecule has 3 aromatic rings. The number of para-hydroxylation sites is 1. The minimum absolute atomic E-state index is 0.0246. The van der Waals surface area contributed by atoms with Gasteiger partial charge in [-0.3, -0.25) is 9.59 Å². The van der Waals surface area contributed by atoms with Gasteiger partial charge in [-0.2, -0.15) is 0 Å². The Kier molecular flexibility index (Phi) is 5.85. The highest BCUT2D eigenvalue weighted by Crippen LogP contribution is 2.41. The third kappa shape index (κ3) is 4.00. The Morgan fingerprint density at radius 3 is 2.58 bits per heavy atom. The van der Waals surface area contributed by atoms with Crippen LogP contribution in [-0.2, 0) is 24.2 Å². The van der Waals surface area contributed by atoms with E-state index in [1.807, 2.05) is 68.4 Å². The Morgan fingerprint density at radius 2 is 1.79 bits per heavy atom. The number of rotatable bonds is 5. The molecule has 0 radical (unpaired) electrons. The van der Waals surface area contributed by atoms with Crippen LogP contribution in [0.3, 0.4) is 0 Å². The highest BCUT2D eigenvalue weighted by atomic mass is 32.1. The van der Waals surface area contributed by atoms with E-state index in [0.29, 0.717) is 22.8 Å². The summed E-state index contributed by atoms with van der Waals surface area (Å²) >= 11 is 1.57. The van der Waals surface area contributed by atoms with Crippen molar-refractivity contribution in [3.05, 3.63) is 81.7 Å². The predicted molar refractivity (Wildman–Crippen MR) is 134 cm³/mol. The van der Waals surface area contributed by atoms with Gasteiger partial charge >= 0.3 is 0 Å². The van der Waals surface area contributed by atoms with Gasteiger partial charge < -0.3 is 10.2 Å². The van der Waals surface area contributed by atoms with E-state index in [4.69, 9.17) is 4.99 Å². The van der Waals surface area contributed by atoms with Crippen LogP contribution in [0.25, 0.3) is 0 Å². The van der Waals surface area contributed by atoms with Gasteiger partial charge in [0.25, 0.3) is 11.8 Å². The maximum absolute atomic E-state index is 13.4. The van der Waals surface area contributed by atoms with Gasteiger partial charge in [-0.25, -0.2) is 4.99 Å². The summed E-state index contributed by atoms with van der Waals surface area (Å²) in [7, 11) is 0. The van der Waals surface area contributed by atoms with Gasteiger partial charge in [0.1, 0.15) is 10.7 Å². The molecule has 0 bridgehead atoms. The standard InChI is InChI=1S/C27H27N3O2S/c1-17(2)30-21-14-8-6-12-19(21)24(27(30)32)29-26-23(20-13-7-9-15-22(20)33-26)25(31)28-16-18-10-4-3-5-11-18/h3-6,8,10-12,14,17H,7,9,13,15-16H2,1-2H3,(H,28,31). The number of carbonyl (C=O) groups is 2. The molecule has 1 aromatic heterocycles. The van der Waals surface area contributed by atoms with Gasteiger partial charge in [0.05, 0.1) is 11.3 Å². The first kappa shape index (κ1) is 21.6. The predicted octanol–water partition coefficient (Wildman–Crippen LogP) is 5.43. The first-order chi connectivity index (χ1) is 16.0. The van der Waals surface area contributed by atoms with Crippen LogP contribution in [-0.4, -0.2) is 23.6 Å². The van der Waals surface area contributed by atoms with E-state index in [0.717, 1.165) is 48.1 Å². The Hall–Kier alpha value is -3.25. The number of nitrogens with zero attached hydrogens (tertiary/aromatic N) is 2. The first-order valence-corrected chi connectivity index (χ1v) is 12.3. The topological polar surface area (TPSA) is 61.8 Å². The summed E-state index contributed by atoms with van der Waals surface area (Å²) in [5.74, 6) is -0.217. The van der Waals surface area contributed by atoms with E-state index in [1.54, 1.807) is 16.2 Å². The molecular weight excluding hydrogens is 430 g/mol. The zero-order valence-corrected chi connectivity index (χ0v) is 19.7. The maximum Gasteiger partial charge on any atom is 0.277 e. The average molecular weight is 458 g/mol. The molecule has 1 aliphatic heterocycles. The zero-order valence-electron chi connectivity index (χ0n) is 18.9. The van der Waals surface area contributed by atoms with Crippen LogP contribution in [0.2, 0.25) is 0 Å². The summed E-state index contributed by atoms with van der Waals surface area (Å²) in [5, 5.41) is 3.73. The number of aliphatic imine (C=N–C) groups is 1. The van der Waals surface area contributed by atoms with Crippen LogP contribution in [0.1, 0.15) is 58.6 Å². The summed E-state index contributed by atoms with van der Waals surface area (Å²) in [6.45, 7) is 4.47. The lowest BCUT2D eigenvalue weighted by atomic mass is 9.95. The second-order valence-electron chi connectivity index (χ2n) is 8.81. The average Bonchev–Trinajstić information content (AvgIpc) is 3.33. The van der Waals surface area contributed by atoms with Crippen molar-refractivity contribution in [2.75, 3.05) is 4.90 Å². The molecule has 6 heteroatoms. The molecule has 0 unspecified atom stereocenters. The Morgan fingerprint density at radius 1 is 1.06 bits per heavy atom. The summed E-state index contributed by atoms with van der Waals surface area (Å²) in [6, 6.07) is 17.7. The van der Waals surface area contributed by atoms with Crippen LogP contribution >= 0.6 is 11.3 Å². The number of amides is 2. The molecule has 0 saturated heterocycles. The molecule has 2 amide bonds. The van der Waals surface area contributed by atoms with Crippen molar-refractivity contribution in [2.45, 2.75) is 52.1 Å². The van der Waals surface area contributed by atoms with E-state index in [-0.39, 0.29) is 17.9 Å². The second-order valence-corrected chi connectivity index (χ2v) is 9.89. The molecule has 33 heavy (non-hydrogen) atoms. The summed E-state index contributed by atoms with van der Waals surface area (Å²) in [5.41, 5.74) is 4.94. The van der Waals surface area contributed by atoms with Crippen molar-refractivity contribution >= 4 is 39.6 Å². The fourth-order valence-corrected chi connectivity index (χ4v) is 5.94. The van der Waals surface area contributed by atoms with Gasteiger partial charge in [0.2, 0.25) is 0 Å². The maximum atomic E-state index is 13.4. The Bertz CT molecular complexity index is 1240. The molecule has 168 valence electrons. The highest BCUT2D eigenvalue weighted by molar-refractivity contribution is 7.16. The Balaban J connectivity index is 1.55. The van der Waals surface area contributed by atoms with E-state index in [9.17, 15) is 9.59 Å². The van der Waals surface area contributed by atoms with Gasteiger partial charge in [-0.1, -0.05) is 48.5 Å². The summed E-state index contributed by atoms with van der Waals surface area (Å²) in [6.07, 6.45) is 4.04. The number of fused-ring (bicyclic) bond motifs is 2. The second kappa shape index (κ2) is 8.94. The third-order valence-corrected chi connectivity index (χ3v) is 7.43. The summed E-state index contributed by atoms with van der Waals surface area (Å²) < 4.78 is 0. The quantitative estimate of drug-likeness (QED) is 0.555. The molecule has 2 heterocycles. The van der Waals surface area contributed by atoms with Crippen molar-refractivity contribution in [1.82, 2.24) is 5.32 Å². The molecule has 5 rings (SSSR count). The SMILES string of the molecule is CC(C)N1C(=O)C(=Nc2sc3c(c2C(=O)NCc2ccccc2)CCCC3)c2ccccc21. The largest absolute Gasteiger partial charge is 0.348 e. The third-order valence-electron chi connectivity index (χ3n) is 6.25. The molecule has 5 nitrogen and oxygen atoms in total. The van der Waals surface area contributed by atoms with Crippen molar-refractivity contribution in [2.24, 2.45) is 4.99 Å². The highest BCUT2D eigenvalue weighted by Gasteiger charge is 2.36. The van der Waals surface area contributed by atoms with Crippen molar-refractivity contribution < 1.29 is 9.59 Å². The first-order valence-electron chi connectivity index (χ1n) is 11.5. The molecule has 1 N–H and O–H groups in total. The van der Waals surface area contributed by atoms with Crippen LogP contribution < -0.4 is 10.2 Å². The van der Waals surface area contributed by atoms with Gasteiger partial charge in [-0.15, -0.1) is 11.3 Å². The van der Waals surface area contributed by atoms with Crippen molar-refractivity contribution in [1.29, 1.82) is 0 Å². The normalized spacial score (nSPS) is 16.3. The van der Waals surface area contributed by atoms with Gasteiger partial charge in [0, 0.05) is 23.0 Å². The lowest BCUT2D eigenvalue weighted by molar-refractivity contribution is -0.112. The molecule has 2 aromatic carbocycles. The molecule has 0 fully saturated rings. The fourth-order valence-electron chi connectivity index (χ4n) is 4.68. The smallest absolute Gasteiger partial charge is 0.277 e. The van der Waals surface area contributed by atoms with Gasteiger partial charge in [0.15, 0.2) is 0 Å². The molecule has 0 spiro atoms. The van der Waals surface area contributed by atoms with E-state index in [1.165, 1.54) is 4.88 Å². The Labute approximate surface area is 198 Å². The molecular formula is C27H27N3O2S. The number of carbonyl (C=O) groups excluding carboxylic acids is 2.